The predicted molar refractivity (Wildman–Crippen MR) is 52.1 cm³/mol. The molecule has 0 aromatic carbocycles. The predicted octanol–water partition coefficient (Wildman–Crippen LogP) is -0.966. The van der Waals surface area contributed by atoms with Crippen molar-refractivity contribution in [2.45, 2.75) is 11.8 Å². The lowest BCUT2D eigenvalue weighted by Gasteiger charge is -2.29. The first-order valence-electron chi connectivity index (χ1n) is 4.22. The molecule has 0 saturated heterocycles. The molecular formula is C7H17NO6P+. The maximum atomic E-state index is 10.9. The standard InChI is InChI=1S/C7H16NO6P/c1-8(2,3)5-4-7(11,6(9)10)15(12,13)14/h11H,4-5H2,1-3H3,(H2-,9,10,12,13,14)/p+1. The van der Waals surface area contributed by atoms with E-state index in [4.69, 9.17) is 14.9 Å². The highest BCUT2D eigenvalue weighted by Gasteiger charge is 2.53. The highest BCUT2D eigenvalue weighted by molar-refractivity contribution is 7.54. The summed E-state index contributed by atoms with van der Waals surface area (Å²) in [4.78, 5) is 28.2. The van der Waals surface area contributed by atoms with E-state index in [1.54, 1.807) is 21.1 Å². The van der Waals surface area contributed by atoms with Crippen molar-refractivity contribution in [1.29, 1.82) is 0 Å². The summed E-state index contributed by atoms with van der Waals surface area (Å²) < 4.78 is 11.2. The molecule has 4 N–H and O–H groups in total. The molecule has 0 radical (unpaired) electrons. The van der Waals surface area contributed by atoms with Crippen LogP contribution in [0.4, 0.5) is 0 Å². The number of nitrogens with zero attached hydrogens (tertiary/aromatic N) is 1. The summed E-state index contributed by atoms with van der Waals surface area (Å²) in [6.45, 7) is 0.133. The first kappa shape index (κ1) is 14.5. The van der Waals surface area contributed by atoms with Gasteiger partial charge in [0.25, 0.3) is 5.34 Å². The van der Waals surface area contributed by atoms with E-state index in [0.717, 1.165) is 0 Å². The van der Waals surface area contributed by atoms with Gasteiger partial charge >= 0.3 is 13.6 Å². The molecule has 0 aromatic heterocycles. The van der Waals surface area contributed by atoms with Crippen LogP contribution >= 0.6 is 7.60 Å². The number of rotatable bonds is 5. The van der Waals surface area contributed by atoms with Crippen molar-refractivity contribution in [2.75, 3.05) is 27.7 Å². The monoisotopic (exact) mass is 242 g/mol. The van der Waals surface area contributed by atoms with Gasteiger partial charge in [-0.25, -0.2) is 4.79 Å². The van der Waals surface area contributed by atoms with Gasteiger partial charge in [-0.3, -0.25) is 4.57 Å². The maximum absolute atomic E-state index is 10.9. The Hall–Kier alpha value is -0.460. The van der Waals surface area contributed by atoms with E-state index in [-0.39, 0.29) is 6.54 Å². The average Bonchev–Trinajstić information content (AvgIpc) is 1.95. The van der Waals surface area contributed by atoms with E-state index in [1.807, 2.05) is 0 Å². The molecule has 0 aromatic rings. The van der Waals surface area contributed by atoms with Crippen LogP contribution in [0.1, 0.15) is 6.42 Å². The van der Waals surface area contributed by atoms with Gasteiger partial charge in [0.1, 0.15) is 0 Å². The Morgan fingerprint density at radius 2 is 1.73 bits per heavy atom. The normalized spacial score (nSPS) is 17.2. The van der Waals surface area contributed by atoms with Crippen molar-refractivity contribution in [1.82, 2.24) is 0 Å². The Bertz CT molecular complexity index is 292. The number of carbonyl (C=O) groups is 1. The minimum absolute atomic E-state index is 0.133. The van der Waals surface area contributed by atoms with Crippen molar-refractivity contribution in [3.8, 4) is 0 Å². The number of aliphatic carboxylic acids is 1. The zero-order valence-corrected chi connectivity index (χ0v) is 9.81. The van der Waals surface area contributed by atoms with Crippen molar-refractivity contribution < 1.29 is 33.8 Å². The van der Waals surface area contributed by atoms with Crippen LogP contribution in [0, 0.1) is 0 Å². The Morgan fingerprint density at radius 3 is 1.93 bits per heavy atom. The summed E-state index contributed by atoms with van der Waals surface area (Å²) in [5.74, 6) is -1.90. The van der Waals surface area contributed by atoms with Gasteiger partial charge in [-0.2, -0.15) is 0 Å². The van der Waals surface area contributed by atoms with Gasteiger partial charge in [0.15, 0.2) is 0 Å². The quantitative estimate of drug-likeness (QED) is 0.364. The Morgan fingerprint density at radius 1 is 1.33 bits per heavy atom. The van der Waals surface area contributed by atoms with E-state index in [0.29, 0.717) is 4.48 Å². The summed E-state index contributed by atoms with van der Waals surface area (Å²) in [7, 11) is 0.0885. The Balaban J connectivity index is 4.86. The van der Waals surface area contributed by atoms with Crippen LogP contribution < -0.4 is 0 Å². The van der Waals surface area contributed by atoms with Gasteiger partial charge in [0.05, 0.1) is 27.7 Å². The van der Waals surface area contributed by atoms with Gasteiger partial charge in [-0.1, -0.05) is 0 Å². The molecule has 1 unspecified atom stereocenters. The fourth-order valence-corrected chi connectivity index (χ4v) is 1.51. The summed E-state index contributed by atoms with van der Waals surface area (Å²) >= 11 is 0. The number of hydrogen-bond donors (Lipinski definition) is 4. The van der Waals surface area contributed by atoms with Crippen LogP contribution in [-0.2, 0) is 9.36 Å². The molecule has 7 nitrogen and oxygen atoms in total. The number of aliphatic hydroxyl groups is 1. The lowest BCUT2D eigenvalue weighted by atomic mass is 10.2. The third kappa shape index (κ3) is 3.89. The topological polar surface area (TPSA) is 115 Å². The maximum Gasteiger partial charge on any atom is 0.368 e. The van der Waals surface area contributed by atoms with Crippen LogP contribution in [0.5, 0.6) is 0 Å². The number of carboxylic acid groups (broad SMARTS) is 1. The van der Waals surface area contributed by atoms with Gasteiger partial charge in [-0.05, 0) is 0 Å². The molecule has 0 bridgehead atoms. The van der Waals surface area contributed by atoms with E-state index in [1.165, 1.54) is 0 Å². The molecule has 0 fully saturated rings. The fourth-order valence-electron chi connectivity index (χ4n) is 0.868. The number of hydrogen-bond acceptors (Lipinski definition) is 3. The largest absolute Gasteiger partial charge is 0.479 e. The molecule has 0 saturated carbocycles. The molecule has 90 valence electrons. The Labute approximate surface area is 87.7 Å². The van der Waals surface area contributed by atoms with Crippen LogP contribution in [0.15, 0.2) is 0 Å². The molecule has 1 atom stereocenters. The zero-order chi connectivity index (χ0) is 12.5. The van der Waals surface area contributed by atoms with Gasteiger partial charge in [-0.15, -0.1) is 0 Å². The molecule has 0 spiro atoms. The molecule has 8 heteroatoms. The van der Waals surface area contributed by atoms with Crippen LogP contribution in [0.3, 0.4) is 0 Å². The zero-order valence-electron chi connectivity index (χ0n) is 8.91. The lowest BCUT2D eigenvalue weighted by Crippen LogP contribution is -2.45. The van der Waals surface area contributed by atoms with Crippen molar-refractivity contribution in [3.05, 3.63) is 0 Å². The summed E-state index contributed by atoms with van der Waals surface area (Å²) in [5.41, 5.74) is 0. The second-order valence-electron chi connectivity index (χ2n) is 4.43. The van der Waals surface area contributed by atoms with E-state index in [2.05, 4.69) is 0 Å². The van der Waals surface area contributed by atoms with Crippen molar-refractivity contribution in [3.63, 3.8) is 0 Å². The summed E-state index contributed by atoms with van der Waals surface area (Å²) in [5, 5.41) is 15.0. The molecule has 0 rings (SSSR count). The van der Waals surface area contributed by atoms with Crippen LogP contribution in [0.25, 0.3) is 0 Å². The minimum Gasteiger partial charge on any atom is -0.479 e. The third-order valence-electron chi connectivity index (χ3n) is 1.96. The van der Waals surface area contributed by atoms with Crippen LogP contribution in [-0.4, -0.2) is 63.5 Å². The smallest absolute Gasteiger partial charge is 0.368 e. The SMILES string of the molecule is C[N+](C)(C)CCC(O)(C(=O)O)P(=O)(O)O. The summed E-state index contributed by atoms with van der Waals surface area (Å²) in [6, 6.07) is 0. The number of carboxylic acids is 1. The highest BCUT2D eigenvalue weighted by atomic mass is 31.2. The lowest BCUT2D eigenvalue weighted by molar-refractivity contribution is -0.871. The van der Waals surface area contributed by atoms with Crippen molar-refractivity contribution in [2.24, 2.45) is 0 Å². The molecule has 0 aliphatic carbocycles. The van der Waals surface area contributed by atoms with Gasteiger partial charge in [0.2, 0.25) is 0 Å². The number of quaternary nitrogens is 1. The molecule has 0 aliphatic heterocycles. The first-order valence-corrected chi connectivity index (χ1v) is 5.83. The second-order valence-corrected chi connectivity index (χ2v) is 6.26. The first-order chi connectivity index (χ1) is 6.40. The van der Waals surface area contributed by atoms with Gasteiger partial charge in [0, 0.05) is 6.42 Å². The highest BCUT2D eigenvalue weighted by Crippen LogP contribution is 2.51. The van der Waals surface area contributed by atoms with E-state index < -0.39 is 25.3 Å². The third-order valence-corrected chi connectivity index (χ3v) is 3.33. The van der Waals surface area contributed by atoms with E-state index in [9.17, 15) is 14.5 Å². The second kappa shape index (κ2) is 4.19. The molecule has 15 heavy (non-hydrogen) atoms. The van der Waals surface area contributed by atoms with Crippen LogP contribution in [0.2, 0.25) is 0 Å². The molecule has 0 aliphatic rings. The minimum atomic E-state index is -5.08. The average molecular weight is 242 g/mol. The Kier molecular flexibility index (Phi) is 4.06. The molecule has 0 amide bonds. The summed E-state index contributed by atoms with van der Waals surface area (Å²) in [6.07, 6.45) is -0.504. The van der Waals surface area contributed by atoms with Crippen molar-refractivity contribution >= 4 is 13.6 Å². The molecular weight excluding hydrogens is 225 g/mol. The van der Waals surface area contributed by atoms with Gasteiger partial charge < -0.3 is 24.5 Å². The molecule has 0 heterocycles. The van der Waals surface area contributed by atoms with E-state index >= 15 is 0 Å². The fraction of sp³-hybridized carbons (Fsp3) is 0.857.